The van der Waals surface area contributed by atoms with E-state index < -0.39 is 29.0 Å². The molecule has 0 radical (unpaired) electrons. The first kappa shape index (κ1) is 25.2. The van der Waals surface area contributed by atoms with Gasteiger partial charge in [-0.25, -0.2) is 0 Å². The predicted octanol–water partition coefficient (Wildman–Crippen LogP) is 6.89. The third-order valence-electron chi connectivity index (χ3n) is 8.18. The molecule has 0 saturated carbocycles. The Morgan fingerprint density at radius 2 is 1.75 bits per heavy atom. The molecular formula is C31H23BrN2O5S. The monoisotopic (exact) mass is 614 g/mol. The standard InChI is InChI=1S/C31H23BrN2O5S/c1-38-21-14-11-18(12-15-21)28(35)27-26-22-17-20(32)13-16-24(22)39-29(19-7-3-2-4-8-19)31(26,34(36)37)30-33(27)23-9-5-6-10-25(23)40-30/h2-17,26-27,29-30H,1H3/t26-,27-,29-,30+,31-/m0/s1. The van der Waals surface area contributed by atoms with Gasteiger partial charge in [0.1, 0.15) is 17.5 Å². The zero-order valence-electron chi connectivity index (χ0n) is 21.3. The Kier molecular flexibility index (Phi) is 5.90. The number of ketones is 1. The van der Waals surface area contributed by atoms with Crippen LogP contribution >= 0.6 is 27.7 Å². The number of Topliss-reactive ketones (excluding diaryl/α,β-unsaturated/α-hetero) is 1. The van der Waals surface area contributed by atoms with Gasteiger partial charge in [0.15, 0.2) is 17.3 Å². The molecule has 0 bridgehead atoms. The van der Waals surface area contributed by atoms with Crippen molar-refractivity contribution in [1.29, 1.82) is 0 Å². The van der Waals surface area contributed by atoms with Crippen molar-refractivity contribution in [3.05, 3.63) is 128 Å². The van der Waals surface area contributed by atoms with Crippen molar-refractivity contribution in [2.45, 2.75) is 33.9 Å². The molecule has 7 rings (SSSR count). The first-order valence-corrected chi connectivity index (χ1v) is 14.5. The molecule has 7 nitrogen and oxygen atoms in total. The number of hydrogen-bond donors (Lipinski definition) is 0. The average molecular weight is 616 g/mol. The molecule has 1 fully saturated rings. The molecular weight excluding hydrogens is 592 g/mol. The van der Waals surface area contributed by atoms with Crippen LogP contribution in [0.3, 0.4) is 0 Å². The van der Waals surface area contributed by atoms with E-state index in [1.165, 1.54) is 11.8 Å². The van der Waals surface area contributed by atoms with E-state index in [-0.39, 0.29) is 10.7 Å². The van der Waals surface area contributed by atoms with Gasteiger partial charge in [-0.05, 0) is 60.2 Å². The van der Waals surface area contributed by atoms with Gasteiger partial charge in [0.25, 0.3) is 0 Å². The fourth-order valence-corrected chi connectivity index (χ4v) is 8.50. The molecule has 5 atom stereocenters. The van der Waals surface area contributed by atoms with Crippen molar-refractivity contribution in [1.82, 2.24) is 0 Å². The second-order valence-corrected chi connectivity index (χ2v) is 12.1. The molecule has 1 saturated heterocycles. The highest BCUT2D eigenvalue weighted by atomic mass is 79.9. The van der Waals surface area contributed by atoms with Crippen molar-refractivity contribution < 1.29 is 19.2 Å². The number of thioether (sulfide) groups is 1. The number of anilines is 1. The van der Waals surface area contributed by atoms with Crippen molar-refractivity contribution in [2.24, 2.45) is 0 Å². The predicted molar refractivity (Wildman–Crippen MR) is 156 cm³/mol. The molecule has 200 valence electrons. The Hall–Kier alpha value is -3.82. The lowest BCUT2D eigenvalue weighted by Crippen LogP contribution is -2.58. The van der Waals surface area contributed by atoms with Crippen molar-refractivity contribution in [3.63, 3.8) is 0 Å². The Bertz CT molecular complexity index is 1650. The van der Waals surface area contributed by atoms with Crippen molar-refractivity contribution in [2.75, 3.05) is 12.0 Å². The van der Waals surface area contributed by atoms with Crippen molar-refractivity contribution in [3.8, 4) is 11.5 Å². The molecule has 3 aliphatic heterocycles. The number of nitrogens with zero attached hydrogens (tertiary/aromatic N) is 2. The van der Waals surface area contributed by atoms with Crippen LogP contribution in [0.25, 0.3) is 0 Å². The Balaban J connectivity index is 1.52. The van der Waals surface area contributed by atoms with Gasteiger partial charge in [-0.3, -0.25) is 14.9 Å². The van der Waals surface area contributed by atoms with Gasteiger partial charge in [-0.1, -0.05) is 70.2 Å². The molecule has 40 heavy (non-hydrogen) atoms. The van der Waals surface area contributed by atoms with Gasteiger partial charge in [-0.2, -0.15) is 0 Å². The number of fused-ring (bicyclic) bond motifs is 7. The van der Waals surface area contributed by atoms with E-state index in [9.17, 15) is 14.9 Å². The lowest BCUT2D eigenvalue weighted by molar-refractivity contribution is -0.585. The molecule has 0 N–H and O–H groups in total. The number of benzene rings is 4. The summed E-state index contributed by atoms with van der Waals surface area (Å²) in [7, 11) is 1.57. The van der Waals surface area contributed by atoms with E-state index in [2.05, 4.69) is 15.9 Å². The maximum Gasteiger partial charge on any atom is 0.301 e. The van der Waals surface area contributed by atoms with E-state index in [4.69, 9.17) is 9.47 Å². The number of halogens is 1. The number of methoxy groups -OCH3 is 1. The molecule has 0 aromatic heterocycles. The summed E-state index contributed by atoms with van der Waals surface area (Å²) in [5.74, 6) is 0.200. The molecule has 0 amide bonds. The van der Waals surface area contributed by atoms with Crippen molar-refractivity contribution >= 4 is 39.2 Å². The van der Waals surface area contributed by atoms with Gasteiger partial charge in [0.2, 0.25) is 0 Å². The fourth-order valence-electron chi connectivity index (χ4n) is 6.52. The molecule has 0 unspecified atom stereocenters. The van der Waals surface area contributed by atoms with E-state index in [1.54, 1.807) is 31.4 Å². The second-order valence-electron chi connectivity index (χ2n) is 10.1. The summed E-state index contributed by atoms with van der Waals surface area (Å²) in [6.07, 6.45) is -0.926. The SMILES string of the molecule is COc1ccc(C(=O)[C@@H]2[C@@H]3c4cc(Br)ccc4O[C@@H](c4ccccc4)[C@]3([N+](=O)[O-])[C@H]3Sc4ccccc4N23)cc1. The number of rotatable bonds is 5. The Morgan fingerprint density at radius 1 is 1.02 bits per heavy atom. The summed E-state index contributed by atoms with van der Waals surface area (Å²) in [5, 5.41) is 13.0. The van der Waals surface area contributed by atoms with Gasteiger partial charge in [0, 0.05) is 25.4 Å². The largest absolute Gasteiger partial charge is 0.497 e. The number of carbonyl (C=O) groups is 1. The molecule has 0 aliphatic carbocycles. The van der Waals surface area contributed by atoms with Crippen LogP contribution in [0.1, 0.15) is 33.5 Å². The van der Waals surface area contributed by atoms with Crippen LogP contribution in [0.2, 0.25) is 0 Å². The molecule has 4 aromatic carbocycles. The Morgan fingerprint density at radius 3 is 2.48 bits per heavy atom. The minimum Gasteiger partial charge on any atom is -0.497 e. The van der Waals surface area contributed by atoms with E-state index >= 15 is 0 Å². The fraction of sp³-hybridized carbons (Fsp3) is 0.194. The molecule has 9 heteroatoms. The number of ether oxygens (including phenoxy) is 2. The highest BCUT2D eigenvalue weighted by Crippen LogP contribution is 2.66. The molecule has 3 heterocycles. The highest BCUT2D eigenvalue weighted by molar-refractivity contribution is 9.10. The molecule has 0 spiro atoms. The van der Waals surface area contributed by atoms with Crippen LogP contribution in [-0.2, 0) is 0 Å². The lowest BCUT2D eigenvalue weighted by Gasteiger charge is -2.41. The van der Waals surface area contributed by atoms with Crippen LogP contribution in [-0.4, -0.2) is 34.8 Å². The van der Waals surface area contributed by atoms with Gasteiger partial charge >= 0.3 is 5.54 Å². The summed E-state index contributed by atoms with van der Waals surface area (Å²) in [5.41, 5.74) is 0.969. The number of hydrogen-bond acceptors (Lipinski definition) is 7. The van der Waals surface area contributed by atoms with E-state index in [1.807, 2.05) is 77.7 Å². The topological polar surface area (TPSA) is 81.9 Å². The lowest BCUT2D eigenvalue weighted by atomic mass is 9.70. The minimum atomic E-state index is -1.67. The van der Waals surface area contributed by atoms with Crippen LogP contribution in [0.15, 0.2) is 106 Å². The molecule has 4 aromatic rings. The Labute approximate surface area is 243 Å². The summed E-state index contributed by atoms with van der Waals surface area (Å²) in [4.78, 5) is 31.0. The zero-order valence-corrected chi connectivity index (χ0v) is 23.7. The van der Waals surface area contributed by atoms with E-state index in [0.717, 1.165) is 15.1 Å². The van der Waals surface area contributed by atoms with Crippen LogP contribution < -0.4 is 14.4 Å². The average Bonchev–Trinajstić information content (AvgIpc) is 3.51. The highest BCUT2D eigenvalue weighted by Gasteiger charge is 2.78. The van der Waals surface area contributed by atoms with E-state index in [0.29, 0.717) is 28.2 Å². The second kappa shape index (κ2) is 9.38. The van der Waals surface area contributed by atoms with Gasteiger partial charge in [0.05, 0.1) is 18.7 Å². The maximum atomic E-state index is 14.6. The minimum absolute atomic E-state index is 0.182. The summed E-state index contributed by atoms with van der Waals surface area (Å²) in [6.45, 7) is 0. The quantitative estimate of drug-likeness (QED) is 0.137. The third kappa shape index (κ3) is 3.47. The molecule has 3 aliphatic rings. The normalized spacial score (nSPS) is 25.7. The smallest absolute Gasteiger partial charge is 0.301 e. The maximum absolute atomic E-state index is 14.6. The summed E-state index contributed by atoms with van der Waals surface area (Å²) in [6, 6.07) is 28.7. The van der Waals surface area contributed by atoms with Crippen LogP contribution in [0.5, 0.6) is 11.5 Å². The number of carbonyl (C=O) groups excluding carboxylic acids is 1. The van der Waals surface area contributed by atoms with Crippen LogP contribution in [0.4, 0.5) is 5.69 Å². The summed E-state index contributed by atoms with van der Waals surface area (Å²) >= 11 is 5.00. The van der Waals surface area contributed by atoms with Crippen LogP contribution in [0, 0.1) is 10.1 Å². The number of nitro groups is 1. The first-order valence-electron chi connectivity index (χ1n) is 12.8. The van der Waals surface area contributed by atoms with Gasteiger partial charge < -0.3 is 14.4 Å². The third-order valence-corrected chi connectivity index (χ3v) is 10.1. The first-order chi connectivity index (χ1) is 19.4. The zero-order chi connectivity index (χ0) is 27.6. The van der Waals surface area contributed by atoms with Gasteiger partial charge in [-0.15, -0.1) is 0 Å². The number of para-hydroxylation sites is 1. The summed E-state index contributed by atoms with van der Waals surface area (Å²) < 4.78 is 12.7.